The highest BCUT2D eigenvalue weighted by Gasteiger charge is 2.45. The van der Waals surface area contributed by atoms with Crippen LogP contribution in [0.4, 0.5) is 0 Å². The third kappa shape index (κ3) is 1.37. The largest absolute Gasteiger partial charge is 0.0622 e. The summed E-state index contributed by atoms with van der Waals surface area (Å²) >= 11 is 0. The Morgan fingerprint density at radius 2 is 1.00 bits per heavy atom. The van der Waals surface area contributed by atoms with Gasteiger partial charge in [-0.1, -0.05) is 60.7 Å². The molecule has 0 aromatic heterocycles. The van der Waals surface area contributed by atoms with E-state index in [2.05, 4.69) is 60.7 Å². The van der Waals surface area contributed by atoms with Gasteiger partial charge in [0.05, 0.1) is 0 Å². The molecular weight excluding hydrogens is 180 g/mol. The zero-order chi connectivity index (χ0) is 10.1. The Morgan fingerprint density at radius 3 is 1.33 bits per heavy atom. The molecule has 0 bridgehead atoms. The predicted molar refractivity (Wildman–Crippen MR) is 62.9 cm³/mol. The predicted octanol–water partition coefficient (Wildman–Crippen LogP) is 3.77. The van der Waals surface area contributed by atoms with E-state index in [0.29, 0.717) is 5.41 Å². The molecule has 0 atom stereocenters. The van der Waals surface area contributed by atoms with Crippen molar-refractivity contribution in [3.63, 3.8) is 0 Å². The molecule has 3 rings (SSSR count). The normalized spacial score (nSPS) is 17.3. The molecule has 74 valence electrons. The maximum Gasteiger partial charge on any atom is 0.0203 e. The lowest BCUT2D eigenvalue weighted by molar-refractivity contribution is 0.847. The fourth-order valence-electron chi connectivity index (χ4n) is 2.38. The number of hydrogen-bond acceptors (Lipinski definition) is 0. The van der Waals surface area contributed by atoms with E-state index < -0.39 is 0 Å². The van der Waals surface area contributed by atoms with E-state index in [4.69, 9.17) is 0 Å². The van der Waals surface area contributed by atoms with Gasteiger partial charge in [-0.25, -0.2) is 0 Å². The Balaban J connectivity index is 2.06. The van der Waals surface area contributed by atoms with Gasteiger partial charge in [-0.3, -0.25) is 0 Å². The van der Waals surface area contributed by atoms with Crippen molar-refractivity contribution >= 4 is 0 Å². The van der Waals surface area contributed by atoms with Crippen molar-refractivity contribution in [2.45, 2.75) is 18.3 Å². The van der Waals surface area contributed by atoms with Crippen molar-refractivity contribution in [1.29, 1.82) is 0 Å². The van der Waals surface area contributed by atoms with Gasteiger partial charge in [-0.15, -0.1) is 0 Å². The van der Waals surface area contributed by atoms with Gasteiger partial charge in [0.2, 0.25) is 0 Å². The van der Waals surface area contributed by atoms with Gasteiger partial charge < -0.3 is 0 Å². The molecule has 1 aliphatic carbocycles. The average molecular weight is 194 g/mol. The lowest BCUT2D eigenvalue weighted by Crippen LogP contribution is -2.07. The van der Waals surface area contributed by atoms with Crippen LogP contribution in [0, 0.1) is 0 Å². The maximum absolute atomic E-state index is 2.25. The summed E-state index contributed by atoms with van der Waals surface area (Å²) in [5.41, 5.74) is 3.27. The van der Waals surface area contributed by atoms with Gasteiger partial charge in [-0.2, -0.15) is 0 Å². The first-order valence-electron chi connectivity index (χ1n) is 5.53. The topological polar surface area (TPSA) is 0 Å². The second-order valence-electron chi connectivity index (χ2n) is 4.31. The fourth-order valence-corrected chi connectivity index (χ4v) is 2.38. The second kappa shape index (κ2) is 3.23. The van der Waals surface area contributed by atoms with Crippen LogP contribution < -0.4 is 0 Å². The smallest absolute Gasteiger partial charge is 0.0203 e. The molecule has 0 saturated heterocycles. The van der Waals surface area contributed by atoms with Gasteiger partial charge in [0.15, 0.2) is 0 Å². The molecule has 0 N–H and O–H groups in total. The van der Waals surface area contributed by atoms with E-state index >= 15 is 0 Å². The molecule has 0 amide bonds. The summed E-state index contributed by atoms with van der Waals surface area (Å²) in [5.74, 6) is 0. The monoisotopic (exact) mass is 194 g/mol. The minimum atomic E-state index is 0.336. The molecule has 1 saturated carbocycles. The van der Waals surface area contributed by atoms with E-state index in [0.717, 1.165) is 0 Å². The third-order valence-electron chi connectivity index (χ3n) is 3.40. The first-order chi connectivity index (χ1) is 7.42. The van der Waals surface area contributed by atoms with Gasteiger partial charge in [-0.05, 0) is 24.0 Å². The van der Waals surface area contributed by atoms with Crippen molar-refractivity contribution < 1.29 is 0 Å². The van der Waals surface area contributed by atoms with Crippen molar-refractivity contribution in [2.24, 2.45) is 0 Å². The fraction of sp³-hybridized carbons (Fsp3) is 0.200. The lowest BCUT2D eigenvalue weighted by atomic mass is 9.88. The van der Waals surface area contributed by atoms with Crippen LogP contribution in [-0.2, 0) is 5.41 Å². The van der Waals surface area contributed by atoms with Crippen LogP contribution in [-0.4, -0.2) is 0 Å². The Bertz CT molecular complexity index is 396. The van der Waals surface area contributed by atoms with Crippen LogP contribution in [0.3, 0.4) is 0 Å². The molecule has 0 heteroatoms. The minimum Gasteiger partial charge on any atom is -0.0622 e. The Labute approximate surface area is 90.6 Å². The Hall–Kier alpha value is -1.56. The van der Waals surface area contributed by atoms with Gasteiger partial charge in [0.1, 0.15) is 0 Å². The second-order valence-corrected chi connectivity index (χ2v) is 4.31. The van der Waals surface area contributed by atoms with Crippen LogP contribution in [0.1, 0.15) is 24.0 Å². The zero-order valence-electron chi connectivity index (χ0n) is 8.69. The van der Waals surface area contributed by atoms with Crippen LogP contribution in [0.2, 0.25) is 0 Å². The first-order valence-corrected chi connectivity index (χ1v) is 5.53. The molecule has 2 aromatic rings. The Kier molecular flexibility index (Phi) is 1.88. The SMILES string of the molecule is c1ccc(C2(c3ccccc3)CC2)cc1. The van der Waals surface area contributed by atoms with Gasteiger partial charge >= 0.3 is 0 Å². The Morgan fingerprint density at radius 1 is 0.600 bits per heavy atom. The molecule has 0 unspecified atom stereocenters. The van der Waals surface area contributed by atoms with Crippen LogP contribution in [0.15, 0.2) is 60.7 Å². The molecule has 1 fully saturated rings. The third-order valence-corrected chi connectivity index (χ3v) is 3.40. The van der Waals surface area contributed by atoms with Crippen LogP contribution >= 0.6 is 0 Å². The standard InChI is InChI=1S/C15H14/c1-3-7-13(8-4-1)15(11-12-15)14-9-5-2-6-10-14/h1-10H,11-12H2. The molecule has 1 aliphatic rings. The first kappa shape index (κ1) is 8.72. The van der Waals surface area contributed by atoms with E-state index in [1.165, 1.54) is 24.0 Å². The van der Waals surface area contributed by atoms with E-state index in [-0.39, 0.29) is 0 Å². The van der Waals surface area contributed by atoms with Crippen molar-refractivity contribution in [2.75, 3.05) is 0 Å². The number of benzene rings is 2. The summed E-state index contributed by atoms with van der Waals surface area (Å²) < 4.78 is 0. The van der Waals surface area contributed by atoms with Gasteiger partial charge in [0.25, 0.3) is 0 Å². The number of rotatable bonds is 2. The summed E-state index contributed by atoms with van der Waals surface area (Å²) in [6.45, 7) is 0. The number of hydrogen-bond donors (Lipinski definition) is 0. The molecule has 2 aromatic carbocycles. The van der Waals surface area contributed by atoms with Crippen molar-refractivity contribution in [1.82, 2.24) is 0 Å². The average Bonchev–Trinajstić information content (AvgIpc) is 3.13. The quantitative estimate of drug-likeness (QED) is 0.682. The lowest BCUT2D eigenvalue weighted by Gasteiger charge is -2.15. The van der Waals surface area contributed by atoms with E-state index in [1.807, 2.05) is 0 Å². The summed E-state index contributed by atoms with van der Waals surface area (Å²) in [7, 11) is 0. The van der Waals surface area contributed by atoms with E-state index in [9.17, 15) is 0 Å². The zero-order valence-corrected chi connectivity index (χ0v) is 8.69. The van der Waals surface area contributed by atoms with Crippen LogP contribution in [0.25, 0.3) is 0 Å². The molecule has 0 aliphatic heterocycles. The molecule has 0 radical (unpaired) electrons. The maximum atomic E-state index is 2.25. The van der Waals surface area contributed by atoms with Crippen molar-refractivity contribution in [3.8, 4) is 0 Å². The molecule has 0 nitrogen and oxygen atoms in total. The molecule has 0 heterocycles. The molecule has 15 heavy (non-hydrogen) atoms. The van der Waals surface area contributed by atoms with Gasteiger partial charge in [0, 0.05) is 5.41 Å². The highest BCUT2D eigenvalue weighted by molar-refractivity contribution is 5.44. The summed E-state index contributed by atoms with van der Waals surface area (Å²) in [4.78, 5) is 0. The summed E-state index contributed by atoms with van der Waals surface area (Å²) in [5, 5.41) is 0. The highest BCUT2D eigenvalue weighted by Crippen LogP contribution is 2.53. The minimum absolute atomic E-state index is 0.336. The summed E-state index contributed by atoms with van der Waals surface area (Å²) in [6, 6.07) is 21.7. The van der Waals surface area contributed by atoms with Crippen LogP contribution in [0.5, 0.6) is 0 Å². The van der Waals surface area contributed by atoms with E-state index in [1.54, 1.807) is 0 Å². The van der Waals surface area contributed by atoms with Crippen molar-refractivity contribution in [3.05, 3.63) is 71.8 Å². The molecule has 0 spiro atoms. The highest BCUT2D eigenvalue weighted by atomic mass is 14.5. The summed E-state index contributed by atoms with van der Waals surface area (Å²) in [6.07, 6.45) is 2.59. The molecular formula is C15H14.